The van der Waals surface area contributed by atoms with Gasteiger partial charge in [-0.15, -0.1) is 0 Å². The molecule has 0 aliphatic carbocycles. The zero-order chi connectivity index (χ0) is 19.1. The number of hydrogen-bond donors (Lipinski definition) is 1. The first kappa shape index (κ1) is 19.8. The summed E-state index contributed by atoms with van der Waals surface area (Å²) in [7, 11) is 0. The van der Waals surface area contributed by atoms with Crippen LogP contribution in [0.5, 0.6) is 0 Å². The number of nitrogens with zero attached hydrogens (tertiary/aromatic N) is 3. The molecule has 7 heteroatoms. The Morgan fingerprint density at radius 1 is 1.15 bits per heavy atom. The number of carbonyl (C=O) groups excluding carboxylic acids is 1. The largest absolute Gasteiger partial charge is 0.481 e. The van der Waals surface area contributed by atoms with E-state index in [0.29, 0.717) is 25.2 Å². The third-order valence-corrected chi connectivity index (χ3v) is 5.59. The third kappa shape index (κ3) is 5.74. The van der Waals surface area contributed by atoms with Gasteiger partial charge >= 0.3 is 5.97 Å². The molecule has 2 aliphatic rings. The Balaban J connectivity index is 1.60. The molecule has 1 N–H and O–H groups in total. The maximum atomic E-state index is 12.2. The van der Waals surface area contributed by atoms with Crippen LogP contribution < -0.4 is 0 Å². The number of amides is 1. The van der Waals surface area contributed by atoms with Crippen molar-refractivity contribution in [3.63, 3.8) is 0 Å². The maximum Gasteiger partial charge on any atom is 0.303 e. The van der Waals surface area contributed by atoms with Gasteiger partial charge in [0.25, 0.3) is 0 Å². The summed E-state index contributed by atoms with van der Waals surface area (Å²) in [4.78, 5) is 31.5. The number of likely N-dealkylation sites (tertiary alicyclic amines) is 1. The van der Waals surface area contributed by atoms with Gasteiger partial charge in [-0.05, 0) is 37.3 Å². The average Bonchev–Trinajstić information content (AvgIpc) is 2.72. The van der Waals surface area contributed by atoms with Crippen molar-refractivity contribution in [2.45, 2.75) is 57.2 Å². The average molecular weight is 375 g/mol. The van der Waals surface area contributed by atoms with Crippen LogP contribution in [0.4, 0.5) is 0 Å². The van der Waals surface area contributed by atoms with E-state index in [0.717, 1.165) is 45.4 Å². The Bertz CT molecular complexity index is 611. The Kier molecular flexibility index (Phi) is 7.18. The van der Waals surface area contributed by atoms with E-state index < -0.39 is 5.97 Å². The number of carbonyl (C=O) groups is 2. The topological polar surface area (TPSA) is 83.0 Å². The Morgan fingerprint density at radius 3 is 2.48 bits per heavy atom. The highest BCUT2D eigenvalue weighted by Crippen LogP contribution is 2.26. The van der Waals surface area contributed by atoms with Crippen molar-refractivity contribution in [2.75, 3.05) is 26.3 Å². The highest BCUT2D eigenvalue weighted by atomic mass is 16.5. The number of piperidine rings is 1. The molecule has 0 spiro atoms. The fourth-order valence-electron chi connectivity index (χ4n) is 4.09. The molecular formula is C20H29N3O4. The van der Waals surface area contributed by atoms with Crippen molar-refractivity contribution < 1.29 is 19.4 Å². The monoisotopic (exact) mass is 375 g/mol. The van der Waals surface area contributed by atoms with Gasteiger partial charge in [-0.25, -0.2) is 0 Å². The van der Waals surface area contributed by atoms with Gasteiger partial charge in [0.2, 0.25) is 5.91 Å². The van der Waals surface area contributed by atoms with Crippen molar-refractivity contribution in [3.05, 3.63) is 30.1 Å². The summed E-state index contributed by atoms with van der Waals surface area (Å²) in [6.45, 7) is 3.89. The Labute approximate surface area is 160 Å². The summed E-state index contributed by atoms with van der Waals surface area (Å²) in [6, 6.07) is 5.01. The number of rotatable bonds is 7. The van der Waals surface area contributed by atoms with Crippen LogP contribution in [0, 0.1) is 0 Å². The maximum absolute atomic E-state index is 12.2. The van der Waals surface area contributed by atoms with Crippen LogP contribution in [0.1, 0.15) is 44.1 Å². The molecule has 3 rings (SSSR count). The van der Waals surface area contributed by atoms with Crippen molar-refractivity contribution >= 4 is 11.9 Å². The molecule has 1 amide bonds. The summed E-state index contributed by atoms with van der Waals surface area (Å²) in [5.41, 5.74) is 1.21. The third-order valence-electron chi connectivity index (χ3n) is 5.59. The molecule has 0 bridgehead atoms. The van der Waals surface area contributed by atoms with Crippen LogP contribution in [0.15, 0.2) is 24.5 Å². The zero-order valence-electron chi connectivity index (χ0n) is 15.8. The number of carboxylic acids is 1. The number of aromatic nitrogens is 1. The number of pyridine rings is 1. The van der Waals surface area contributed by atoms with Gasteiger partial charge in [0.05, 0.1) is 6.42 Å². The van der Waals surface area contributed by atoms with Crippen molar-refractivity contribution in [2.24, 2.45) is 0 Å². The van der Waals surface area contributed by atoms with Crippen molar-refractivity contribution in [3.8, 4) is 0 Å². The molecule has 7 nitrogen and oxygen atoms in total. The number of hydrogen-bond acceptors (Lipinski definition) is 5. The normalized spacial score (nSPS) is 19.4. The minimum absolute atomic E-state index is 0.0410. The summed E-state index contributed by atoms with van der Waals surface area (Å²) < 4.78 is 5.54. The molecule has 2 aliphatic heterocycles. The fourth-order valence-corrected chi connectivity index (χ4v) is 4.09. The summed E-state index contributed by atoms with van der Waals surface area (Å²) in [5, 5.41) is 8.77. The van der Waals surface area contributed by atoms with E-state index in [9.17, 15) is 9.59 Å². The van der Waals surface area contributed by atoms with Gasteiger partial charge in [-0.1, -0.05) is 6.07 Å². The van der Waals surface area contributed by atoms with Gasteiger partial charge in [0.15, 0.2) is 0 Å². The summed E-state index contributed by atoms with van der Waals surface area (Å²) in [5.74, 6) is -0.957. The van der Waals surface area contributed by atoms with E-state index in [-0.39, 0.29) is 18.7 Å². The predicted octanol–water partition coefficient (Wildman–Crippen LogP) is 1.92. The lowest BCUT2D eigenvalue weighted by Crippen LogP contribution is -2.51. The molecule has 1 aromatic rings. The lowest BCUT2D eigenvalue weighted by atomic mass is 9.97. The second-order valence-electron chi connectivity index (χ2n) is 7.38. The van der Waals surface area contributed by atoms with Crippen LogP contribution in [0.25, 0.3) is 0 Å². The van der Waals surface area contributed by atoms with E-state index in [1.165, 1.54) is 5.56 Å². The lowest BCUT2D eigenvalue weighted by molar-refractivity contribution is -0.141. The first-order valence-corrected chi connectivity index (χ1v) is 9.85. The molecule has 2 fully saturated rings. The first-order valence-electron chi connectivity index (χ1n) is 9.85. The molecule has 2 saturated heterocycles. The molecule has 148 valence electrons. The number of ether oxygens (including phenoxy) is 1. The summed E-state index contributed by atoms with van der Waals surface area (Å²) >= 11 is 0. The van der Waals surface area contributed by atoms with E-state index >= 15 is 0 Å². The smallest absolute Gasteiger partial charge is 0.303 e. The van der Waals surface area contributed by atoms with E-state index in [4.69, 9.17) is 9.84 Å². The number of aliphatic carboxylic acids is 1. The molecule has 1 aromatic heterocycles. The molecule has 0 radical (unpaired) electrons. The minimum Gasteiger partial charge on any atom is -0.481 e. The van der Waals surface area contributed by atoms with Gasteiger partial charge in [-0.3, -0.25) is 19.5 Å². The standard InChI is InChI=1S/C20H29N3O4/c24-19(3-4-20(25)26)22-10-5-17(6-11-22)23(18-7-12-27-13-8-18)15-16-2-1-9-21-14-16/h1-2,9,14,17-18H,3-8,10-13,15H2,(H,25,26). The van der Waals surface area contributed by atoms with Crippen LogP contribution in [-0.4, -0.2) is 70.2 Å². The molecule has 0 unspecified atom stereocenters. The molecule has 0 aromatic carbocycles. The number of carboxylic acid groups (broad SMARTS) is 1. The highest BCUT2D eigenvalue weighted by molar-refractivity contribution is 5.80. The first-order chi connectivity index (χ1) is 13.1. The van der Waals surface area contributed by atoms with Gasteiger partial charge in [0, 0.05) is 63.7 Å². The lowest BCUT2D eigenvalue weighted by Gasteiger charge is -2.43. The van der Waals surface area contributed by atoms with E-state index in [1.807, 2.05) is 17.2 Å². The van der Waals surface area contributed by atoms with E-state index in [2.05, 4.69) is 16.0 Å². The van der Waals surface area contributed by atoms with Crippen LogP contribution in [0.2, 0.25) is 0 Å². The second kappa shape index (κ2) is 9.80. The highest BCUT2D eigenvalue weighted by Gasteiger charge is 2.32. The fraction of sp³-hybridized carbons (Fsp3) is 0.650. The molecule has 0 saturated carbocycles. The molecule has 0 atom stereocenters. The SMILES string of the molecule is O=C(O)CCC(=O)N1CCC(N(Cc2cccnc2)C2CCOCC2)CC1. The second-order valence-corrected chi connectivity index (χ2v) is 7.38. The van der Waals surface area contributed by atoms with E-state index in [1.54, 1.807) is 6.20 Å². The molecular weight excluding hydrogens is 346 g/mol. The van der Waals surface area contributed by atoms with Crippen LogP contribution >= 0.6 is 0 Å². The van der Waals surface area contributed by atoms with Crippen molar-refractivity contribution in [1.29, 1.82) is 0 Å². The van der Waals surface area contributed by atoms with Gasteiger partial charge < -0.3 is 14.7 Å². The summed E-state index contributed by atoms with van der Waals surface area (Å²) in [6.07, 6.45) is 7.66. The quantitative estimate of drug-likeness (QED) is 0.784. The van der Waals surface area contributed by atoms with Crippen LogP contribution in [-0.2, 0) is 20.9 Å². The Morgan fingerprint density at radius 2 is 1.85 bits per heavy atom. The zero-order valence-corrected chi connectivity index (χ0v) is 15.8. The minimum atomic E-state index is -0.916. The predicted molar refractivity (Wildman–Crippen MR) is 100 cm³/mol. The van der Waals surface area contributed by atoms with Gasteiger partial charge in [-0.2, -0.15) is 0 Å². The molecule has 3 heterocycles. The van der Waals surface area contributed by atoms with Crippen molar-refractivity contribution in [1.82, 2.24) is 14.8 Å². The Hall–Kier alpha value is -1.99. The van der Waals surface area contributed by atoms with Gasteiger partial charge in [0.1, 0.15) is 0 Å². The molecule has 27 heavy (non-hydrogen) atoms. The van der Waals surface area contributed by atoms with Crippen LogP contribution in [0.3, 0.4) is 0 Å².